The Bertz CT molecular complexity index is 1320. The van der Waals surface area contributed by atoms with Crippen molar-refractivity contribution < 1.29 is 0 Å². The number of aromatic nitrogens is 7. The number of benzene rings is 2. The summed E-state index contributed by atoms with van der Waals surface area (Å²) in [6, 6.07) is 21.0. The summed E-state index contributed by atoms with van der Waals surface area (Å²) >= 11 is 0. The van der Waals surface area contributed by atoms with Gasteiger partial charge in [-0.2, -0.15) is 10.3 Å². The fraction of sp³-hybridized carbons (Fsp3) is 0.269. The second-order valence-corrected chi connectivity index (χ2v) is 8.40. The van der Waals surface area contributed by atoms with E-state index >= 15 is 0 Å². The van der Waals surface area contributed by atoms with Gasteiger partial charge in [0.05, 0.1) is 6.20 Å². The lowest BCUT2D eigenvalue weighted by Crippen LogP contribution is -2.27. The second-order valence-electron chi connectivity index (χ2n) is 8.40. The Morgan fingerprint density at radius 1 is 0.912 bits per heavy atom. The molecule has 0 fully saturated rings. The predicted molar refractivity (Wildman–Crippen MR) is 132 cm³/mol. The summed E-state index contributed by atoms with van der Waals surface area (Å²) in [6.45, 7) is 5.21. The molecule has 8 nitrogen and oxygen atoms in total. The van der Waals surface area contributed by atoms with E-state index in [1.165, 1.54) is 24.1 Å². The van der Waals surface area contributed by atoms with Crippen LogP contribution in [0.4, 0.5) is 0 Å². The minimum atomic E-state index is 0.604. The number of nitrogens with one attached hydrogen (secondary N) is 1. The Labute approximate surface area is 198 Å². The number of H-pyrrole nitrogens is 1. The van der Waals surface area contributed by atoms with Gasteiger partial charge in [-0.25, -0.2) is 9.50 Å². The first-order valence-corrected chi connectivity index (χ1v) is 11.7. The van der Waals surface area contributed by atoms with Gasteiger partial charge in [-0.05, 0) is 40.9 Å². The summed E-state index contributed by atoms with van der Waals surface area (Å²) in [4.78, 5) is 6.91. The highest BCUT2D eigenvalue weighted by molar-refractivity contribution is 5.80. The van der Waals surface area contributed by atoms with Gasteiger partial charge in [0.15, 0.2) is 5.65 Å². The number of hydrogen-bond acceptors (Lipinski definition) is 6. The highest BCUT2D eigenvalue weighted by Gasteiger charge is 2.12. The molecule has 0 atom stereocenters. The first-order chi connectivity index (χ1) is 16.8. The third-order valence-corrected chi connectivity index (χ3v) is 6.07. The van der Waals surface area contributed by atoms with Crippen molar-refractivity contribution in [1.29, 1.82) is 0 Å². The normalized spacial score (nSPS) is 11.5. The first-order valence-electron chi connectivity index (χ1n) is 11.7. The zero-order valence-electron chi connectivity index (χ0n) is 19.3. The van der Waals surface area contributed by atoms with Gasteiger partial charge in [0.2, 0.25) is 5.82 Å². The van der Waals surface area contributed by atoms with E-state index in [1.54, 1.807) is 6.20 Å². The second kappa shape index (κ2) is 10.4. The van der Waals surface area contributed by atoms with Crippen LogP contribution in [0.1, 0.15) is 31.0 Å². The van der Waals surface area contributed by atoms with Gasteiger partial charge in [0, 0.05) is 43.0 Å². The van der Waals surface area contributed by atoms with Crippen LogP contribution in [-0.4, -0.2) is 53.2 Å². The van der Waals surface area contributed by atoms with Crippen LogP contribution in [0, 0.1) is 0 Å². The number of fused-ring (bicyclic) bond motifs is 1. The summed E-state index contributed by atoms with van der Waals surface area (Å²) in [5.74, 6) is 0.604. The van der Waals surface area contributed by atoms with Crippen molar-refractivity contribution >= 4 is 5.65 Å². The van der Waals surface area contributed by atoms with Gasteiger partial charge in [0.1, 0.15) is 0 Å². The van der Waals surface area contributed by atoms with Gasteiger partial charge in [-0.3, -0.25) is 4.90 Å². The van der Waals surface area contributed by atoms with Gasteiger partial charge in [-0.15, -0.1) is 10.2 Å². The maximum Gasteiger partial charge on any atom is 0.205 e. The quantitative estimate of drug-likeness (QED) is 0.337. The summed E-state index contributed by atoms with van der Waals surface area (Å²) in [5.41, 5.74) is 6.59. The third kappa shape index (κ3) is 4.87. The Kier molecular flexibility index (Phi) is 6.67. The summed E-state index contributed by atoms with van der Waals surface area (Å²) in [7, 11) is 0. The molecule has 0 bridgehead atoms. The van der Waals surface area contributed by atoms with E-state index in [2.05, 4.69) is 78.9 Å². The van der Waals surface area contributed by atoms with Crippen molar-refractivity contribution in [2.24, 2.45) is 0 Å². The minimum Gasteiger partial charge on any atom is -0.299 e. The number of aromatic amines is 1. The molecule has 3 aromatic heterocycles. The van der Waals surface area contributed by atoms with Crippen LogP contribution >= 0.6 is 0 Å². The van der Waals surface area contributed by atoms with Gasteiger partial charge in [-0.1, -0.05) is 61.9 Å². The molecule has 1 N–H and O–H groups in total. The molecule has 5 aromatic rings. The molecule has 2 aromatic carbocycles. The SMILES string of the molecule is CCCCN(CCc1ccnc2ccnn12)Cc1ccc(-c2ccccc2-c2nn[nH]n2)cc1. The molecule has 0 amide bonds. The molecule has 0 saturated carbocycles. The molecule has 0 aliphatic heterocycles. The number of rotatable bonds is 10. The molecule has 3 heterocycles. The molecule has 5 rings (SSSR count). The van der Waals surface area contributed by atoms with Crippen LogP contribution in [0.3, 0.4) is 0 Å². The van der Waals surface area contributed by atoms with Crippen molar-refractivity contribution in [3.63, 3.8) is 0 Å². The Hall–Kier alpha value is -3.91. The lowest BCUT2D eigenvalue weighted by molar-refractivity contribution is 0.263. The van der Waals surface area contributed by atoms with Gasteiger partial charge in [0.25, 0.3) is 0 Å². The van der Waals surface area contributed by atoms with Crippen LogP contribution in [-0.2, 0) is 13.0 Å². The minimum absolute atomic E-state index is 0.604. The Morgan fingerprint density at radius 3 is 2.56 bits per heavy atom. The van der Waals surface area contributed by atoms with E-state index in [0.29, 0.717) is 5.82 Å². The molecule has 0 aliphatic carbocycles. The predicted octanol–water partition coefficient (Wildman–Crippen LogP) is 4.42. The zero-order valence-corrected chi connectivity index (χ0v) is 19.3. The van der Waals surface area contributed by atoms with E-state index in [1.807, 2.05) is 35.0 Å². The number of unbranched alkanes of at least 4 members (excludes halogenated alkanes) is 1. The first kappa shape index (κ1) is 21.9. The van der Waals surface area contributed by atoms with Crippen LogP contribution < -0.4 is 0 Å². The van der Waals surface area contributed by atoms with Gasteiger partial charge >= 0.3 is 0 Å². The fourth-order valence-electron chi connectivity index (χ4n) is 4.25. The molecule has 0 unspecified atom stereocenters. The Morgan fingerprint density at radius 2 is 1.76 bits per heavy atom. The van der Waals surface area contributed by atoms with Gasteiger partial charge < -0.3 is 0 Å². The largest absolute Gasteiger partial charge is 0.299 e. The van der Waals surface area contributed by atoms with Crippen LogP contribution in [0.5, 0.6) is 0 Å². The zero-order chi connectivity index (χ0) is 23.2. The molecule has 172 valence electrons. The number of nitrogens with zero attached hydrogens (tertiary/aromatic N) is 7. The topological polar surface area (TPSA) is 87.9 Å². The fourth-order valence-corrected chi connectivity index (χ4v) is 4.25. The number of hydrogen-bond donors (Lipinski definition) is 1. The summed E-state index contributed by atoms with van der Waals surface area (Å²) in [5, 5.41) is 19.0. The van der Waals surface area contributed by atoms with E-state index in [4.69, 9.17) is 0 Å². The lowest BCUT2D eigenvalue weighted by Gasteiger charge is -2.22. The average Bonchev–Trinajstić information content (AvgIpc) is 3.59. The number of tetrazole rings is 1. The van der Waals surface area contributed by atoms with Crippen molar-refractivity contribution in [2.45, 2.75) is 32.7 Å². The third-order valence-electron chi connectivity index (χ3n) is 6.07. The average molecular weight is 453 g/mol. The van der Waals surface area contributed by atoms with Crippen LogP contribution in [0.2, 0.25) is 0 Å². The highest BCUT2D eigenvalue weighted by atomic mass is 15.5. The lowest BCUT2D eigenvalue weighted by atomic mass is 9.98. The summed E-state index contributed by atoms with van der Waals surface area (Å²) < 4.78 is 1.94. The molecule has 0 saturated heterocycles. The summed E-state index contributed by atoms with van der Waals surface area (Å²) in [6.07, 6.45) is 6.97. The maximum absolute atomic E-state index is 4.43. The van der Waals surface area contributed by atoms with Crippen molar-refractivity contribution in [2.75, 3.05) is 13.1 Å². The maximum atomic E-state index is 4.43. The molecular weight excluding hydrogens is 424 g/mol. The van der Waals surface area contributed by atoms with Crippen molar-refractivity contribution in [1.82, 2.24) is 40.1 Å². The Balaban J connectivity index is 1.30. The van der Waals surface area contributed by atoms with E-state index in [-0.39, 0.29) is 0 Å². The highest BCUT2D eigenvalue weighted by Crippen LogP contribution is 2.29. The molecule has 0 aliphatic rings. The van der Waals surface area contributed by atoms with Crippen LogP contribution in [0.25, 0.3) is 28.2 Å². The molecule has 0 radical (unpaired) electrons. The van der Waals surface area contributed by atoms with Crippen molar-refractivity contribution in [3.8, 4) is 22.5 Å². The van der Waals surface area contributed by atoms with Crippen molar-refractivity contribution in [3.05, 3.63) is 84.3 Å². The van der Waals surface area contributed by atoms with Crippen LogP contribution in [0.15, 0.2) is 73.1 Å². The van der Waals surface area contributed by atoms with E-state index < -0.39 is 0 Å². The standard InChI is InChI=1S/C26H28N8/c1-2-3-17-33(18-14-22-12-15-27-25-13-16-28-34(22)25)19-20-8-10-21(11-9-20)23-6-4-5-7-24(23)26-29-31-32-30-26/h4-13,15-16H,2-3,14,17-19H2,1H3,(H,29,30,31,32). The molecule has 34 heavy (non-hydrogen) atoms. The molecule has 8 heteroatoms. The smallest absolute Gasteiger partial charge is 0.205 e. The monoisotopic (exact) mass is 452 g/mol. The molecule has 0 spiro atoms. The molecular formula is C26H28N8. The van der Waals surface area contributed by atoms with E-state index in [9.17, 15) is 0 Å². The van der Waals surface area contributed by atoms with E-state index in [0.717, 1.165) is 48.4 Å².